The zero-order valence-electron chi connectivity index (χ0n) is 16.8. The van der Waals surface area contributed by atoms with Crippen LogP contribution in [0.15, 0.2) is 24.3 Å². The van der Waals surface area contributed by atoms with Crippen molar-refractivity contribution >= 4 is 15.7 Å². The van der Waals surface area contributed by atoms with Gasteiger partial charge in [-0.3, -0.25) is 4.72 Å². The van der Waals surface area contributed by atoms with Crippen LogP contribution in [-0.4, -0.2) is 50.5 Å². The van der Waals surface area contributed by atoms with Gasteiger partial charge in [0.1, 0.15) is 0 Å². The summed E-state index contributed by atoms with van der Waals surface area (Å²) in [6.45, 7) is 6.66. The highest BCUT2D eigenvalue weighted by Crippen LogP contribution is 2.21. The predicted octanol–water partition coefficient (Wildman–Crippen LogP) is 4.11. The van der Waals surface area contributed by atoms with E-state index in [1.165, 1.54) is 0 Å². The third-order valence-electron chi connectivity index (χ3n) is 4.57. The van der Waals surface area contributed by atoms with Gasteiger partial charge in [0.05, 0.1) is 18.5 Å². The zero-order chi connectivity index (χ0) is 20.3. The van der Waals surface area contributed by atoms with E-state index in [-0.39, 0.29) is 0 Å². The van der Waals surface area contributed by atoms with Crippen LogP contribution in [0.2, 0.25) is 0 Å². The van der Waals surface area contributed by atoms with Gasteiger partial charge in [0.15, 0.2) is 0 Å². The molecule has 0 aromatic heterocycles. The number of sulfonamides is 1. The minimum Gasteiger partial charge on any atom is -0.388 e. The molecule has 0 bridgehead atoms. The lowest BCUT2D eigenvalue weighted by molar-refractivity contribution is 0.155. The number of halogens is 1. The number of aliphatic hydroxyl groups excluding tert-OH is 1. The molecule has 1 unspecified atom stereocenters. The van der Waals surface area contributed by atoms with Crippen molar-refractivity contribution in [3.63, 3.8) is 0 Å². The van der Waals surface area contributed by atoms with Crippen LogP contribution in [0.3, 0.4) is 0 Å². The molecule has 27 heavy (non-hydrogen) atoms. The molecule has 0 aliphatic rings. The van der Waals surface area contributed by atoms with Crippen LogP contribution in [0.5, 0.6) is 0 Å². The van der Waals surface area contributed by atoms with Crippen molar-refractivity contribution in [3.05, 3.63) is 29.8 Å². The molecule has 0 saturated heterocycles. The van der Waals surface area contributed by atoms with Crippen molar-refractivity contribution in [1.82, 2.24) is 4.90 Å². The highest BCUT2D eigenvalue weighted by molar-refractivity contribution is 7.92. The largest absolute Gasteiger partial charge is 0.388 e. The molecule has 0 aliphatic carbocycles. The summed E-state index contributed by atoms with van der Waals surface area (Å²) in [4.78, 5) is 2.37. The highest BCUT2D eigenvalue weighted by atomic mass is 32.2. The number of hydrogen-bond donors (Lipinski definition) is 2. The van der Waals surface area contributed by atoms with E-state index < -0.39 is 22.3 Å². The van der Waals surface area contributed by atoms with Crippen molar-refractivity contribution in [3.8, 4) is 0 Å². The smallest absolute Gasteiger partial charge is 0.229 e. The second kappa shape index (κ2) is 12.3. The lowest BCUT2D eigenvalue weighted by Gasteiger charge is -2.21. The standard InChI is InChI=1S/C20H35FN2O3S/c1-4-23(15-7-5-6-9-17(2)21)16-8-10-20(24)18-11-13-19(14-12-18)22-27(3,25)26/h11-14,17,20,22,24H,4-10,15-16H2,1-3H3/t17-,20?/m0/s1. The second-order valence-electron chi connectivity index (χ2n) is 7.22. The Balaban J connectivity index is 2.30. The molecule has 2 N–H and O–H groups in total. The van der Waals surface area contributed by atoms with E-state index in [0.29, 0.717) is 18.5 Å². The monoisotopic (exact) mass is 402 g/mol. The Morgan fingerprint density at radius 3 is 2.26 bits per heavy atom. The number of unbranched alkanes of at least 4 members (excludes halogenated alkanes) is 2. The van der Waals surface area contributed by atoms with Crippen molar-refractivity contribution < 1.29 is 17.9 Å². The van der Waals surface area contributed by atoms with Crippen LogP contribution in [0.1, 0.15) is 64.0 Å². The minimum absolute atomic E-state index is 0.493. The van der Waals surface area contributed by atoms with Crippen LogP contribution in [0.4, 0.5) is 10.1 Å². The Hall–Kier alpha value is -1.18. The summed E-state index contributed by atoms with van der Waals surface area (Å²) in [5, 5.41) is 10.3. The van der Waals surface area contributed by atoms with Gasteiger partial charge in [-0.05, 0) is 69.9 Å². The van der Waals surface area contributed by atoms with E-state index in [0.717, 1.165) is 57.1 Å². The van der Waals surface area contributed by atoms with Crippen LogP contribution in [0.25, 0.3) is 0 Å². The number of benzene rings is 1. The summed E-state index contributed by atoms with van der Waals surface area (Å²) in [5.41, 5.74) is 1.28. The lowest BCUT2D eigenvalue weighted by atomic mass is 10.0. The maximum atomic E-state index is 12.8. The SMILES string of the molecule is CCN(CCCCC[C@H](C)F)CCCC(O)c1ccc(NS(C)(=O)=O)cc1. The molecule has 0 spiro atoms. The first-order chi connectivity index (χ1) is 12.7. The summed E-state index contributed by atoms with van der Waals surface area (Å²) in [7, 11) is -3.29. The van der Waals surface area contributed by atoms with Crippen LogP contribution >= 0.6 is 0 Å². The first-order valence-corrected chi connectivity index (χ1v) is 11.7. The predicted molar refractivity (Wildman–Crippen MR) is 110 cm³/mol. The van der Waals surface area contributed by atoms with Gasteiger partial charge in [0, 0.05) is 5.69 Å². The molecule has 5 nitrogen and oxygen atoms in total. The molecule has 2 atom stereocenters. The average molecular weight is 403 g/mol. The van der Waals surface area contributed by atoms with Gasteiger partial charge < -0.3 is 10.0 Å². The second-order valence-corrected chi connectivity index (χ2v) is 8.97. The van der Waals surface area contributed by atoms with Gasteiger partial charge in [-0.1, -0.05) is 31.9 Å². The summed E-state index contributed by atoms with van der Waals surface area (Å²) in [6, 6.07) is 6.83. The van der Waals surface area contributed by atoms with Crippen molar-refractivity contribution in [1.29, 1.82) is 0 Å². The number of aliphatic hydroxyl groups is 1. The Morgan fingerprint density at radius 1 is 1.07 bits per heavy atom. The van der Waals surface area contributed by atoms with Gasteiger partial charge in [0.25, 0.3) is 0 Å². The summed E-state index contributed by atoms with van der Waals surface area (Å²) in [6.07, 6.45) is 5.13. The Morgan fingerprint density at radius 2 is 1.70 bits per heavy atom. The van der Waals surface area contributed by atoms with E-state index in [9.17, 15) is 17.9 Å². The van der Waals surface area contributed by atoms with E-state index in [4.69, 9.17) is 0 Å². The van der Waals surface area contributed by atoms with Gasteiger partial charge in [0.2, 0.25) is 10.0 Å². The number of anilines is 1. The van der Waals surface area contributed by atoms with Crippen LogP contribution in [-0.2, 0) is 10.0 Å². The summed E-state index contributed by atoms with van der Waals surface area (Å²) in [5.74, 6) is 0. The molecule has 0 amide bonds. The number of nitrogens with one attached hydrogen (secondary N) is 1. The van der Waals surface area contributed by atoms with Crippen molar-refractivity contribution in [2.24, 2.45) is 0 Å². The van der Waals surface area contributed by atoms with Gasteiger partial charge >= 0.3 is 0 Å². The van der Waals surface area contributed by atoms with E-state index in [1.807, 2.05) is 0 Å². The van der Waals surface area contributed by atoms with Gasteiger partial charge in [-0.15, -0.1) is 0 Å². The Labute approximate surface area is 164 Å². The number of hydrogen-bond acceptors (Lipinski definition) is 4. The van der Waals surface area contributed by atoms with Crippen molar-refractivity contribution in [2.75, 3.05) is 30.6 Å². The quantitative estimate of drug-likeness (QED) is 0.460. The Bertz CT molecular complexity index is 621. The average Bonchev–Trinajstić information content (AvgIpc) is 2.58. The summed E-state index contributed by atoms with van der Waals surface area (Å²) < 4.78 is 37.6. The van der Waals surface area contributed by atoms with Crippen molar-refractivity contribution in [2.45, 2.75) is 64.6 Å². The fourth-order valence-corrected chi connectivity index (χ4v) is 3.59. The first-order valence-electron chi connectivity index (χ1n) is 9.83. The van der Waals surface area contributed by atoms with E-state index >= 15 is 0 Å². The van der Waals surface area contributed by atoms with Crippen LogP contribution < -0.4 is 4.72 Å². The molecular formula is C20H35FN2O3S. The number of rotatable bonds is 14. The maximum Gasteiger partial charge on any atom is 0.229 e. The fraction of sp³-hybridized carbons (Fsp3) is 0.700. The first kappa shape index (κ1) is 23.9. The molecule has 7 heteroatoms. The molecule has 0 saturated carbocycles. The molecule has 1 aromatic rings. The molecule has 0 heterocycles. The molecule has 1 rings (SSSR count). The zero-order valence-corrected chi connectivity index (χ0v) is 17.6. The molecular weight excluding hydrogens is 367 g/mol. The highest BCUT2D eigenvalue weighted by Gasteiger charge is 2.10. The molecule has 0 fully saturated rings. The van der Waals surface area contributed by atoms with Crippen LogP contribution in [0, 0.1) is 0 Å². The third kappa shape index (κ3) is 11.3. The maximum absolute atomic E-state index is 12.8. The normalized spacial score (nSPS) is 14.3. The molecule has 0 radical (unpaired) electrons. The lowest BCUT2D eigenvalue weighted by Crippen LogP contribution is -2.26. The summed E-state index contributed by atoms with van der Waals surface area (Å²) >= 11 is 0. The fourth-order valence-electron chi connectivity index (χ4n) is 3.03. The molecule has 1 aromatic carbocycles. The Kier molecular flexibility index (Phi) is 10.9. The number of nitrogens with zero attached hydrogens (tertiary/aromatic N) is 1. The number of alkyl halides is 1. The van der Waals surface area contributed by atoms with Gasteiger partial charge in [-0.2, -0.15) is 0 Å². The van der Waals surface area contributed by atoms with Gasteiger partial charge in [-0.25, -0.2) is 12.8 Å². The third-order valence-corrected chi connectivity index (χ3v) is 5.18. The topological polar surface area (TPSA) is 69.6 Å². The van der Waals surface area contributed by atoms with E-state index in [1.54, 1.807) is 31.2 Å². The van der Waals surface area contributed by atoms with E-state index in [2.05, 4.69) is 16.5 Å². The minimum atomic E-state index is -3.29. The molecule has 156 valence electrons. The molecule has 0 aliphatic heterocycles.